The molecule has 1 amide bonds. The molecule has 1 N–H and O–H groups in total. The lowest BCUT2D eigenvalue weighted by Crippen LogP contribution is -2.23. The summed E-state index contributed by atoms with van der Waals surface area (Å²) < 4.78 is 5.83. The molecular weight excluding hydrogens is 286 g/mol. The molecule has 130 valence electrons. The number of hydrogen-bond donors (Lipinski definition) is 1. The first-order chi connectivity index (χ1) is 11.3. The van der Waals surface area contributed by atoms with Crippen LogP contribution < -0.4 is 5.32 Å². The van der Waals surface area contributed by atoms with E-state index in [0.29, 0.717) is 0 Å². The molecule has 0 spiro atoms. The molecule has 1 rings (SSSR count). The largest absolute Gasteiger partial charge is 0.368 e. The number of rotatable bonds is 13. The Kier molecular flexibility index (Phi) is 11.2. The first-order valence-corrected chi connectivity index (χ1v) is 9.22. The summed E-state index contributed by atoms with van der Waals surface area (Å²) in [4.78, 5) is 11.9. The molecule has 0 saturated heterocycles. The number of hydrogen-bond acceptors (Lipinski definition) is 2. The molecule has 1 unspecified atom stereocenters. The maximum atomic E-state index is 11.9. The third-order valence-electron chi connectivity index (χ3n) is 4.00. The van der Waals surface area contributed by atoms with Gasteiger partial charge >= 0.3 is 0 Å². The summed E-state index contributed by atoms with van der Waals surface area (Å²) in [7, 11) is 0. The van der Waals surface area contributed by atoms with Gasteiger partial charge in [-0.2, -0.15) is 0 Å². The molecular formula is C20H33NO2. The predicted octanol–water partition coefficient (Wildman–Crippen LogP) is 5.56. The van der Waals surface area contributed by atoms with Gasteiger partial charge in [0.1, 0.15) is 6.61 Å². The molecule has 23 heavy (non-hydrogen) atoms. The molecule has 1 atom stereocenters. The molecule has 0 saturated carbocycles. The van der Waals surface area contributed by atoms with Gasteiger partial charge < -0.3 is 10.1 Å². The van der Waals surface area contributed by atoms with Gasteiger partial charge in [-0.3, -0.25) is 4.79 Å². The lowest BCUT2D eigenvalue weighted by Gasteiger charge is -2.17. The van der Waals surface area contributed by atoms with Gasteiger partial charge in [0.05, 0.1) is 6.10 Å². The molecule has 3 heteroatoms. The van der Waals surface area contributed by atoms with Crippen LogP contribution in [0.15, 0.2) is 30.3 Å². The van der Waals surface area contributed by atoms with Crippen LogP contribution in [0, 0.1) is 0 Å². The maximum Gasteiger partial charge on any atom is 0.250 e. The van der Waals surface area contributed by atoms with Crippen molar-refractivity contribution >= 4 is 11.6 Å². The fraction of sp³-hybridized carbons (Fsp3) is 0.650. The van der Waals surface area contributed by atoms with Crippen molar-refractivity contribution in [1.82, 2.24) is 0 Å². The van der Waals surface area contributed by atoms with Crippen LogP contribution in [-0.4, -0.2) is 18.6 Å². The van der Waals surface area contributed by atoms with Crippen molar-refractivity contribution < 1.29 is 9.53 Å². The van der Waals surface area contributed by atoms with Crippen molar-refractivity contribution in [3.8, 4) is 0 Å². The first kappa shape index (κ1) is 19.7. The van der Waals surface area contributed by atoms with Crippen LogP contribution in [0.4, 0.5) is 5.69 Å². The minimum Gasteiger partial charge on any atom is -0.368 e. The van der Waals surface area contributed by atoms with Crippen LogP contribution in [-0.2, 0) is 9.53 Å². The number of ether oxygens (including phenoxy) is 1. The van der Waals surface area contributed by atoms with E-state index in [9.17, 15) is 4.79 Å². The lowest BCUT2D eigenvalue weighted by atomic mass is 10.0. The fourth-order valence-corrected chi connectivity index (χ4v) is 2.70. The van der Waals surface area contributed by atoms with E-state index in [2.05, 4.69) is 19.2 Å². The Morgan fingerprint density at radius 3 is 2.35 bits per heavy atom. The molecule has 0 aliphatic rings. The summed E-state index contributed by atoms with van der Waals surface area (Å²) in [6, 6.07) is 9.53. The van der Waals surface area contributed by atoms with Crippen molar-refractivity contribution in [2.24, 2.45) is 0 Å². The lowest BCUT2D eigenvalue weighted by molar-refractivity contribution is -0.122. The number of unbranched alkanes of at least 4 members (excludes halogenated alkanes) is 5. The fourth-order valence-electron chi connectivity index (χ4n) is 2.70. The van der Waals surface area contributed by atoms with Crippen molar-refractivity contribution in [1.29, 1.82) is 0 Å². The molecule has 3 nitrogen and oxygen atoms in total. The number of benzene rings is 1. The van der Waals surface area contributed by atoms with E-state index in [4.69, 9.17) is 4.74 Å². The van der Waals surface area contributed by atoms with Crippen molar-refractivity contribution in [2.45, 2.75) is 77.7 Å². The Balaban J connectivity index is 2.19. The number of carbonyl (C=O) groups is 1. The second-order valence-corrected chi connectivity index (χ2v) is 6.19. The number of para-hydroxylation sites is 1. The van der Waals surface area contributed by atoms with Crippen LogP contribution in [0.3, 0.4) is 0 Å². The highest BCUT2D eigenvalue weighted by atomic mass is 16.5. The number of anilines is 1. The topological polar surface area (TPSA) is 38.3 Å². The van der Waals surface area contributed by atoms with Crippen LogP contribution >= 0.6 is 0 Å². The average molecular weight is 319 g/mol. The summed E-state index contributed by atoms with van der Waals surface area (Å²) in [5.74, 6) is -0.0692. The minimum absolute atomic E-state index is 0.0692. The summed E-state index contributed by atoms with van der Waals surface area (Å²) in [5.41, 5.74) is 0.823. The van der Waals surface area contributed by atoms with E-state index >= 15 is 0 Å². The Bertz CT molecular complexity index is 405. The SMILES string of the molecule is CCCCCCCCC(CCC)OCC(=O)Nc1ccccc1. The van der Waals surface area contributed by atoms with Gasteiger partial charge in [0, 0.05) is 5.69 Å². The zero-order valence-electron chi connectivity index (χ0n) is 14.9. The minimum atomic E-state index is -0.0692. The Morgan fingerprint density at radius 2 is 1.65 bits per heavy atom. The van der Waals surface area contributed by atoms with Crippen LogP contribution in [0.5, 0.6) is 0 Å². The molecule has 1 aromatic carbocycles. The van der Waals surface area contributed by atoms with E-state index in [0.717, 1.165) is 24.9 Å². The van der Waals surface area contributed by atoms with Crippen LogP contribution in [0.25, 0.3) is 0 Å². The summed E-state index contributed by atoms with van der Waals surface area (Å²) in [5, 5.41) is 2.87. The standard InChI is InChI=1S/C20H33NO2/c1-3-5-6-7-8-12-16-19(13-4-2)23-17-20(22)21-18-14-10-9-11-15-18/h9-11,14-15,19H,3-8,12-13,16-17H2,1-2H3,(H,21,22). The first-order valence-electron chi connectivity index (χ1n) is 9.22. The number of nitrogens with one attached hydrogen (secondary N) is 1. The van der Waals surface area contributed by atoms with Crippen LogP contribution in [0.1, 0.15) is 71.6 Å². The molecule has 0 heterocycles. The summed E-state index contributed by atoms with van der Waals surface area (Å²) >= 11 is 0. The van der Waals surface area contributed by atoms with Gasteiger partial charge in [0.25, 0.3) is 0 Å². The number of carbonyl (C=O) groups excluding carboxylic acids is 1. The second kappa shape index (κ2) is 13.1. The zero-order valence-corrected chi connectivity index (χ0v) is 14.9. The van der Waals surface area contributed by atoms with Crippen LogP contribution in [0.2, 0.25) is 0 Å². The van der Waals surface area contributed by atoms with Gasteiger partial charge in [-0.1, -0.05) is 77.0 Å². The van der Waals surface area contributed by atoms with E-state index in [1.54, 1.807) is 0 Å². The Morgan fingerprint density at radius 1 is 0.957 bits per heavy atom. The summed E-state index contributed by atoms with van der Waals surface area (Å²) in [6.07, 6.45) is 11.2. The van der Waals surface area contributed by atoms with E-state index in [1.165, 1.54) is 38.5 Å². The molecule has 1 aromatic rings. The normalized spacial score (nSPS) is 12.1. The Labute approximate surface area is 141 Å². The third kappa shape index (κ3) is 10.1. The van der Waals surface area contributed by atoms with Gasteiger partial charge in [-0.15, -0.1) is 0 Å². The highest BCUT2D eigenvalue weighted by molar-refractivity contribution is 5.91. The van der Waals surface area contributed by atoms with Gasteiger partial charge in [0.2, 0.25) is 5.91 Å². The highest BCUT2D eigenvalue weighted by Crippen LogP contribution is 2.14. The monoisotopic (exact) mass is 319 g/mol. The zero-order chi connectivity index (χ0) is 16.8. The van der Waals surface area contributed by atoms with E-state index in [1.807, 2.05) is 30.3 Å². The van der Waals surface area contributed by atoms with Crippen molar-refractivity contribution in [3.63, 3.8) is 0 Å². The summed E-state index contributed by atoms with van der Waals surface area (Å²) in [6.45, 7) is 4.56. The second-order valence-electron chi connectivity index (χ2n) is 6.19. The molecule has 0 aromatic heterocycles. The van der Waals surface area contributed by atoms with Crippen molar-refractivity contribution in [2.75, 3.05) is 11.9 Å². The molecule has 0 aliphatic carbocycles. The quantitative estimate of drug-likeness (QED) is 0.483. The third-order valence-corrected chi connectivity index (χ3v) is 4.00. The van der Waals surface area contributed by atoms with Crippen molar-refractivity contribution in [3.05, 3.63) is 30.3 Å². The molecule has 0 bridgehead atoms. The predicted molar refractivity (Wildman–Crippen MR) is 97.7 cm³/mol. The van der Waals surface area contributed by atoms with Gasteiger partial charge in [0.15, 0.2) is 0 Å². The smallest absolute Gasteiger partial charge is 0.250 e. The van der Waals surface area contributed by atoms with E-state index < -0.39 is 0 Å². The molecule has 0 radical (unpaired) electrons. The van der Waals surface area contributed by atoms with Gasteiger partial charge in [-0.25, -0.2) is 0 Å². The highest BCUT2D eigenvalue weighted by Gasteiger charge is 2.11. The maximum absolute atomic E-state index is 11.9. The van der Waals surface area contributed by atoms with E-state index in [-0.39, 0.29) is 18.6 Å². The molecule has 0 fully saturated rings. The average Bonchev–Trinajstić information content (AvgIpc) is 2.56. The van der Waals surface area contributed by atoms with Gasteiger partial charge in [-0.05, 0) is 25.0 Å². The number of amides is 1. The molecule has 0 aliphatic heterocycles. The Hall–Kier alpha value is -1.35.